The minimum Gasteiger partial charge on any atom is -0.393 e. The van der Waals surface area contributed by atoms with E-state index >= 15 is 0 Å². The predicted molar refractivity (Wildman–Crippen MR) is 67.8 cm³/mol. The average Bonchev–Trinajstić information content (AvgIpc) is 2.63. The Morgan fingerprint density at radius 2 is 2.53 bits per heavy atom. The van der Waals surface area contributed by atoms with E-state index < -0.39 is 0 Å². The van der Waals surface area contributed by atoms with Gasteiger partial charge in [-0.25, -0.2) is 4.98 Å². The number of hydrogen-bond donors (Lipinski definition) is 2. The molecule has 0 atom stereocenters. The van der Waals surface area contributed by atoms with E-state index in [0.29, 0.717) is 21.3 Å². The van der Waals surface area contributed by atoms with Crippen molar-refractivity contribution in [3.63, 3.8) is 0 Å². The number of thiocarbonyl (C=S) groups is 1. The topological polar surface area (TPSA) is 71.8 Å². The molecule has 78 valence electrons. The lowest BCUT2D eigenvalue weighted by Crippen LogP contribution is -2.12. The maximum absolute atomic E-state index is 11.5. The van der Waals surface area contributed by atoms with Gasteiger partial charge in [0.15, 0.2) is 5.16 Å². The molecule has 0 saturated heterocycles. The summed E-state index contributed by atoms with van der Waals surface area (Å²) in [6.07, 6.45) is 0. The van der Waals surface area contributed by atoms with Crippen LogP contribution in [0.5, 0.6) is 0 Å². The van der Waals surface area contributed by atoms with Crippen molar-refractivity contribution in [1.82, 2.24) is 9.97 Å². The van der Waals surface area contributed by atoms with Crippen molar-refractivity contribution in [1.29, 1.82) is 0 Å². The molecule has 0 bridgehead atoms. The molecule has 3 N–H and O–H groups in total. The van der Waals surface area contributed by atoms with Crippen LogP contribution in [0.25, 0.3) is 10.2 Å². The van der Waals surface area contributed by atoms with E-state index in [1.807, 2.05) is 5.38 Å². The minimum absolute atomic E-state index is 0.119. The fraction of sp³-hybridized carbons (Fsp3) is 0.125. The van der Waals surface area contributed by atoms with Gasteiger partial charge in [0.2, 0.25) is 0 Å². The van der Waals surface area contributed by atoms with Crippen LogP contribution in [0.1, 0.15) is 0 Å². The zero-order chi connectivity index (χ0) is 10.8. The van der Waals surface area contributed by atoms with Crippen LogP contribution in [0, 0.1) is 0 Å². The van der Waals surface area contributed by atoms with Crippen LogP contribution < -0.4 is 11.3 Å². The first-order chi connectivity index (χ1) is 7.16. The lowest BCUT2D eigenvalue weighted by Gasteiger charge is -1.98. The van der Waals surface area contributed by atoms with Crippen molar-refractivity contribution in [2.24, 2.45) is 5.73 Å². The van der Waals surface area contributed by atoms with Crippen LogP contribution in [0.15, 0.2) is 21.4 Å². The highest BCUT2D eigenvalue weighted by molar-refractivity contribution is 8.00. The van der Waals surface area contributed by atoms with Gasteiger partial charge in [-0.2, -0.15) is 0 Å². The van der Waals surface area contributed by atoms with E-state index in [4.69, 9.17) is 18.0 Å². The second-order valence-electron chi connectivity index (χ2n) is 2.77. The van der Waals surface area contributed by atoms with Crippen LogP contribution in [-0.2, 0) is 0 Å². The van der Waals surface area contributed by atoms with Crippen molar-refractivity contribution in [3.05, 3.63) is 21.8 Å². The summed E-state index contributed by atoms with van der Waals surface area (Å²) in [4.78, 5) is 19.6. The molecule has 0 aliphatic carbocycles. The van der Waals surface area contributed by atoms with Crippen LogP contribution in [0.4, 0.5) is 0 Å². The Morgan fingerprint density at radius 3 is 3.27 bits per heavy atom. The maximum atomic E-state index is 11.5. The van der Waals surface area contributed by atoms with Crippen LogP contribution in [0.3, 0.4) is 0 Å². The molecule has 4 nitrogen and oxygen atoms in total. The SMILES string of the molecule is NC(=S)CSc1nc2sccc2c(=O)[nH]1. The highest BCUT2D eigenvalue weighted by Crippen LogP contribution is 2.18. The molecule has 0 saturated carbocycles. The summed E-state index contributed by atoms with van der Waals surface area (Å²) < 4.78 is 0. The first kappa shape index (κ1) is 10.6. The smallest absolute Gasteiger partial charge is 0.260 e. The minimum atomic E-state index is -0.119. The Kier molecular flexibility index (Phi) is 3.03. The summed E-state index contributed by atoms with van der Waals surface area (Å²) in [5.41, 5.74) is 5.25. The second kappa shape index (κ2) is 4.30. The molecule has 0 spiro atoms. The first-order valence-electron chi connectivity index (χ1n) is 4.05. The third-order valence-electron chi connectivity index (χ3n) is 1.66. The normalized spacial score (nSPS) is 10.7. The highest BCUT2D eigenvalue weighted by atomic mass is 32.2. The molecule has 2 heterocycles. The molecule has 0 aliphatic heterocycles. The number of fused-ring (bicyclic) bond motifs is 1. The number of hydrogen-bond acceptors (Lipinski definition) is 5. The van der Waals surface area contributed by atoms with Crippen molar-refractivity contribution >= 4 is 50.5 Å². The lowest BCUT2D eigenvalue weighted by molar-refractivity contribution is 0.983. The number of thioether (sulfide) groups is 1. The molecular formula is C8H7N3OS3. The van der Waals surface area contributed by atoms with Gasteiger partial charge in [0, 0.05) is 0 Å². The van der Waals surface area contributed by atoms with Gasteiger partial charge in [0.25, 0.3) is 5.56 Å². The van der Waals surface area contributed by atoms with Crippen LogP contribution in [-0.4, -0.2) is 20.7 Å². The van der Waals surface area contributed by atoms with Gasteiger partial charge in [-0.15, -0.1) is 11.3 Å². The lowest BCUT2D eigenvalue weighted by atomic mass is 10.4. The number of nitrogens with one attached hydrogen (secondary N) is 1. The standard InChI is InChI=1S/C8H7N3OS3/c9-5(13)3-15-8-10-6(12)4-1-2-14-7(4)11-8/h1-2H,3H2,(H2,9,13)(H,10,11,12). The fourth-order valence-corrected chi connectivity index (χ4v) is 2.65. The Hall–Kier alpha value is -0.920. The monoisotopic (exact) mass is 257 g/mol. The number of nitrogens with two attached hydrogens (primary N) is 1. The zero-order valence-electron chi connectivity index (χ0n) is 7.52. The number of aromatic amines is 1. The molecule has 0 aliphatic rings. The highest BCUT2D eigenvalue weighted by Gasteiger charge is 2.05. The number of aromatic nitrogens is 2. The third-order valence-corrected chi connectivity index (χ3v) is 3.72. The predicted octanol–water partition coefficient (Wildman–Crippen LogP) is 1.36. The Balaban J connectivity index is 2.36. The van der Waals surface area contributed by atoms with E-state index in [2.05, 4.69) is 9.97 Å². The van der Waals surface area contributed by atoms with Gasteiger partial charge < -0.3 is 10.7 Å². The van der Waals surface area contributed by atoms with Gasteiger partial charge in [0.1, 0.15) is 4.83 Å². The summed E-state index contributed by atoms with van der Waals surface area (Å²) in [5.74, 6) is 0.481. The summed E-state index contributed by atoms with van der Waals surface area (Å²) in [6, 6.07) is 1.76. The van der Waals surface area contributed by atoms with Gasteiger partial charge >= 0.3 is 0 Å². The Labute approximate surface area is 98.9 Å². The molecule has 15 heavy (non-hydrogen) atoms. The molecule has 2 aromatic heterocycles. The summed E-state index contributed by atoms with van der Waals surface area (Å²) in [7, 11) is 0. The molecule has 7 heteroatoms. The fourth-order valence-electron chi connectivity index (χ4n) is 1.05. The van der Waals surface area contributed by atoms with E-state index in [0.717, 1.165) is 4.83 Å². The molecular weight excluding hydrogens is 250 g/mol. The van der Waals surface area contributed by atoms with Gasteiger partial charge in [-0.05, 0) is 11.4 Å². The van der Waals surface area contributed by atoms with Gasteiger partial charge in [-0.1, -0.05) is 24.0 Å². The van der Waals surface area contributed by atoms with E-state index in [9.17, 15) is 4.79 Å². The molecule has 0 amide bonds. The van der Waals surface area contributed by atoms with Gasteiger partial charge in [-0.3, -0.25) is 4.79 Å². The van der Waals surface area contributed by atoms with Crippen molar-refractivity contribution in [3.8, 4) is 0 Å². The van der Waals surface area contributed by atoms with E-state index in [-0.39, 0.29) is 5.56 Å². The first-order valence-corrected chi connectivity index (χ1v) is 6.33. The van der Waals surface area contributed by atoms with Crippen molar-refractivity contribution < 1.29 is 0 Å². The molecule has 0 fully saturated rings. The van der Waals surface area contributed by atoms with E-state index in [1.165, 1.54) is 23.1 Å². The molecule has 2 rings (SSSR count). The summed E-state index contributed by atoms with van der Waals surface area (Å²) in [5, 5.41) is 3.02. The quantitative estimate of drug-likeness (QED) is 0.493. The Bertz CT molecular complexity index is 560. The number of nitrogens with zero attached hydrogens (tertiary/aromatic N) is 1. The van der Waals surface area contributed by atoms with Crippen LogP contribution >= 0.6 is 35.3 Å². The molecule has 0 aromatic carbocycles. The van der Waals surface area contributed by atoms with Crippen molar-refractivity contribution in [2.45, 2.75) is 5.16 Å². The van der Waals surface area contributed by atoms with Gasteiger partial charge in [0.05, 0.1) is 16.1 Å². The molecule has 0 radical (unpaired) electrons. The summed E-state index contributed by atoms with van der Waals surface area (Å²) in [6.45, 7) is 0. The Morgan fingerprint density at radius 1 is 1.73 bits per heavy atom. The van der Waals surface area contributed by atoms with Crippen molar-refractivity contribution in [2.75, 3.05) is 5.75 Å². The zero-order valence-corrected chi connectivity index (χ0v) is 9.97. The average molecular weight is 257 g/mol. The second-order valence-corrected chi connectivity index (χ2v) is 5.15. The molecule has 2 aromatic rings. The largest absolute Gasteiger partial charge is 0.393 e. The van der Waals surface area contributed by atoms with E-state index in [1.54, 1.807) is 6.07 Å². The summed E-state index contributed by atoms with van der Waals surface area (Å²) >= 11 is 7.52. The number of H-pyrrole nitrogens is 1. The van der Waals surface area contributed by atoms with Crippen LogP contribution in [0.2, 0.25) is 0 Å². The third kappa shape index (κ3) is 2.36. The maximum Gasteiger partial charge on any atom is 0.260 e. The molecule has 0 unspecified atom stereocenters. The number of rotatable bonds is 3. The number of thiophene rings is 1.